The molecule has 9 nitrogen and oxygen atoms in total. The Labute approximate surface area is 177 Å². The molecule has 4 aromatic rings. The number of tetrazole rings is 1. The maximum absolute atomic E-state index is 12.0. The molecule has 0 aliphatic rings. The van der Waals surface area contributed by atoms with Crippen molar-refractivity contribution in [2.24, 2.45) is 7.05 Å². The number of ether oxygens (including phenoxy) is 1. The van der Waals surface area contributed by atoms with Crippen molar-refractivity contribution < 1.29 is 4.74 Å². The molecule has 0 radical (unpaired) electrons. The molecule has 0 atom stereocenters. The molecule has 0 amide bonds. The van der Waals surface area contributed by atoms with Gasteiger partial charge < -0.3 is 4.74 Å². The first kappa shape index (κ1) is 19.8. The first-order valence-corrected chi connectivity index (χ1v) is 9.62. The van der Waals surface area contributed by atoms with Gasteiger partial charge in [-0.25, -0.2) is 14.9 Å². The summed E-state index contributed by atoms with van der Waals surface area (Å²) in [5.41, 5.74) is 5.14. The summed E-state index contributed by atoms with van der Waals surface area (Å²) >= 11 is 6.30. The fourth-order valence-corrected chi connectivity index (χ4v) is 3.56. The second-order valence-electron chi connectivity index (χ2n) is 7.02. The molecule has 0 aliphatic carbocycles. The molecular weight excluding hydrogens is 406 g/mol. The molecule has 10 heteroatoms. The smallest absolute Gasteiger partial charge is 0.365 e. The van der Waals surface area contributed by atoms with E-state index in [1.165, 1.54) is 4.68 Å². The van der Waals surface area contributed by atoms with Crippen LogP contribution in [-0.2, 0) is 13.7 Å². The van der Waals surface area contributed by atoms with Crippen molar-refractivity contribution in [3.63, 3.8) is 0 Å². The topological polar surface area (TPSA) is 104 Å². The van der Waals surface area contributed by atoms with Crippen LogP contribution in [0, 0.1) is 20.8 Å². The highest BCUT2D eigenvalue weighted by molar-refractivity contribution is 6.33. The van der Waals surface area contributed by atoms with Crippen LogP contribution < -0.4 is 10.4 Å². The molecule has 0 bridgehead atoms. The number of nitrogens with zero attached hydrogens (tertiary/aromatic N) is 6. The number of halogens is 1. The molecule has 154 valence electrons. The summed E-state index contributed by atoms with van der Waals surface area (Å²) in [6.07, 6.45) is 1.75. The molecular formula is C20H20ClN7O2. The Morgan fingerprint density at radius 1 is 1.20 bits per heavy atom. The average Bonchev–Trinajstić information content (AvgIpc) is 3.27. The molecule has 30 heavy (non-hydrogen) atoms. The van der Waals surface area contributed by atoms with E-state index < -0.39 is 5.69 Å². The first-order valence-electron chi connectivity index (χ1n) is 9.25. The summed E-state index contributed by atoms with van der Waals surface area (Å²) in [6, 6.07) is 7.57. The van der Waals surface area contributed by atoms with Crippen molar-refractivity contribution in [1.29, 1.82) is 0 Å². The van der Waals surface area contributed by atoms with Crippen molar-refractivity contribution in [2.45, 2.75) is 27.4 Å². The minimum atomic E-state index is -0.413. The van der Waals surface area contributed by atoms with Gasteiger partial charge in [-0.05, 0) is 48.9 Å². The quantitative estimate of drug-likeness (QED) is 0.527. The number of aromatic nitrogens is 7. The van der Waals surface area contributed by atoms with E-state index in [-0.39, 0.29) is 6.61 Å². The molecule has 0 fully saturated rings. The normalized spacial score (nSPS) is 11.1. The first-order chi connectivity index (χ1) is 14.3. The fraction of sp³-hybridized carbons (Fsp3) is 0.250. The van der Waals surface area contributed by atoms with Gasteiger partial charge in [0, 0.05) is 29.9 Å². The zero-order valence-electron chi connectivity index (χ0n) is 17.0. The van der Waals surface area contributed by atoms with Gasteiger partial charge in [-0.2, -0.15) is 9.78 Å². The molecule has 0 saturated heterocycles. The molecule has 1 N–H and O–H groups in total. The van der Waals surface area contributed by atoms with E-state index in [9.17, 15) is 4.79 Å². The van der Waals surface area contributed by atoms with Crippen LogP contribution in [0.2, 0.25) is 5.02 Å². The number of hydrogen-bond acceptors (Lipinski definition) is 6. The lowest BCUT2D eigenvalue weighted by Gasteiger charge is -2.15. The van der Waals surface area contributed by atoms with Crippen molar-refractivity contribution in [3.8, 4) is 22.8 Å². The predicted octanol–water partition coefficient (Wildman–Crippen LogP) is 2.91. The van der Waals surface area contributed by atoms with Gasteiger partial charge >= 0.3 is 5.69 Å². The van der Waals surface area contributed by atoms with E-state index in [0.29, 0.717) is 22.3 Å². The Balaban J connectivity index is 1.66. The summed E-state index contributed by atoms with van der Waals surface area (Å²) < 4.78 is 8.93. The highest BCUT2D eigenvalue weighted by Crippen LogP contribution is 2.31. The van der Waals surface area contributed by atoms with E-state index in [4.69, 9.17) is 16.3 Å². The van der Waals surface area contributed by atoms with Crippen LogP contribution in [0.15, 0.2) is 35.3 Å². The number of aromatic amines is 1. The zero-order chi connectivity index (χ0) is 21.4. The van der Waals surface area contributed by atoms with Gasteiger partial charge in [0.15, 0.2) is 0 Å². The van der Waals surface area contributed by atoms with Crippen LogP contribution >= 0.6 is 11.6 Å². The minimum Gasteiger partial charge on any atom is -0.473 e. The Morgan fingerprint density at radius 2 is 2.00 bits per heavy atom. The van der Waals surface area contributed by atoms with Gasteiger partial charge in [0.2, 0.25) is 5.88 Å². The fourth-order valence-electron chi connectivity index (χ4n) is 3.28. The largest absolute Gasteiger partial charge is 0.473 e. The lowest BCUT2D eigenvalue weighted by molar-refractivity contribution is 0.290. The molecule has 0 spiro atoms. The summed E-state index contributed by atoms with van der Waals surface area (Å²) in [5.74, 6) is 0.505. The monoisotopic (exact) mass is 425 g/mol. The second-order valence-corrected chi connectivity index (χ2v) is 7.43. The van der Waals surface area contributed by atoms with E-state index in [1.54, 1.807) is 16.9 Å². The van der Waals surface area contributed by atoms with Gasteiger partial charge in [0.1, 0.15) is 12.3 Å². The van der Waals surface area contributed by atoms with Gasteiger partial charge in [-0.3, -0.25) is 4.68 Å². The van der Waals surface area contributed by atoms with Crippen molar-refractivity contribution >= 4 is 11.6 Å². The lowest BCUT2D eigenvalue weighted by atomic mass is 10.1. The van der Waals surface area contributed by atoms with Crippen LogP contribution in [0.1, 0.15) is 22.4 Å². The Hall–Kier alpha value is -3.46. The van der Waals surface area contributed by atoms with Crippen LogP contribution in [0.3, 0.4) is 0 Å². The lowest BCUT2D eigenvalue weighted by Crippen LogP contribution is -2.18. The van der Waals surface area contributed by atoms with E-state index in [0.717, 1.165) is 27.9 Å². The third-order valence-corrected chi connectivity index (χ3v) is 5.11. The van der Waals surface area contributed by atoms with Crippen molar-refractivity contribution in [1.82, 2.24) is 35.0 Å². The number of hydrogen-bond donors (Lipinski definition) is 1. The number of H-pyrrole nitrogens is 1. The third kappa shape index (κ3) is 3.59. The number of benzene rings is 1. The Bertz CT molecular complexity index is 1290. The second kappa shape index (κ2) is 7.75. The zero-order valence-corrected chi connectivity index (χ0v) is 17.7. The van der Waals surface area contributed by atoms with Crippen LogP contribution in [-0.4, -0.2) is 35.0 Å². The number of rotatable bonds is 5. The van der Waals surface area contributed by atoms with Gasteiger partial charge in [0.25, 0.3) is 0 Å². The summed E-state index contributed by atoms with van der Waals surface area (Å²) in [5, 5.41) is 14.7. The van der Waals surface area contributed by atoms with Crippen LogP contribution in [0.5, 0.6) is 5.88 Å². The Morgan fingerprint density at radius 3 is 2.67 bits per heavy atom. The molecule has 1 aromatic carbocycles. The molecule has 0 saturated carbocycles. The number of pyridine rings is 1. The van der Waals surface area contributed by atoms with Gasteiger partial charge in [0.05, 0.1) is 16.4 Å². The molecule has 0 aliphatic heterocycles. The van der Waals surface area contributed by atoms with E-state index in [1.807, 2.05) is 46.0 Å². The molecule has 4 rings (SSSR count). The maximum Gasteiger partial charge on any atom is 0.365 e. The number of nitrogens with one attached hydrogen (secondary N) is 1. The third-order valence-electron chi connectivity index (χ3n) is 4.84. The van der Waals surface area contributed by atoms with Crippen LogP contribution in [0.4, 0.5) is 0 Å². The summed E-state index contributed by atoms with van der Waals surface area (Å²) in [6.45, 7) is 5.98. The maximum atomic E-state index is 12.0. The van der Waals surface area contributed by atoms with Crippen molar-refractivity contribution in [2.75, 3.05) is 0 Å². The Kier molecular flexibility index (Phi) is 5.13. The summed E-state index contributed by atoms with van der Waals surface area (Å²) in [4.78, 5) is 16.6. The summed E-state index contributed by atoms with van der Waals surface area (Å²) in [7, 11) is 1.82. The SMILES string of the molecule is Cc1cc(-c2nn(C)cc2Cl)c(C)nc1OCc1c(C)cccc1-n1nn[nH]c1=O. The predicted molar refractivity (Wildman–Crippen MR) is 112 cm³/mol. The molecule has 3 heterocycles. The van der Waals surface area contributed by atoms with Gasteiger partial charge in [-0.1, -0.05) is 23.7 Å². The van der Waals surface area contributed by atoms with Gasteiger partial charge in [-0.15, -0.1) is 0 Å². The van der Waals surface area contributed by atoms with Crippen LogP contribution in [0.25, 0.3) is 16.9 Å². The highest BCUT2D eigenvalue weighted by Gasteiger charge is 2.17. The standard InChI is InChI=1S/C20H20ClN7O2/c1-11-6-5-7-17(28-20(29)23-25-26-28)15(11)10-30-19-12(2)8-14(13(3)22-19)18-16(21)9-27(4)24-18/h5-9H,10H2,1-4H3,(H,23,26,29). The molecule has 3 aromatic heterocycles. The van der Waals surface area contributed by atoms with E-state index >= 15 is 0 Å². The number of aryl methyl sites for hydroxylation is 4. The van der Waals surface area contributed by atoms with Crippen molar-refractivity contribution in [3.05, 3.63) is 68.4 Å². The average molecular weight is 426 g/mol. The highest BCUT2D eigenvalue weighted by atomic mass is 35.5. The minimum absolute atomic E-state index is 0.221. The van der Waals surface area contributed by atoms with E-state index in [2.05, 4.69) is 25.6 Å². The molecule has 0 unspecified atom stereocenters.